The van der Waals surface area contributed by atoms with E-state index in [9.17, 15) is 9.59 Å². The Kier molecular flexibility index (Phi) is 17.3. The third kappa shape index (κ3) is 12.5. The number of benzene rings is 2. The van der Waals surface area contributed by atoms with Crippen molar-refractivity contribution in [1.82, 2.24) is 0 Å². The molecule has 5 rings (SSSR count). The van der Waals surface area contributed by atoms with Crippen molar-refractivity contribution in [2.24, 2.45) is 29.6 Å². The molecule has 0 bridgehead atoms. The predicted octanol–water partition coefficient (Wildman–Crippen LogP) is 9.21. The summed E-state index contributed by atoms with van der Waals surface area (Å²) in [6.07, 6.45) is 18.9. The molecule has 0 spiro atoms. The van der Waals surface area contributed by atoms with Gasteiger partial charge in [0, 0.05) is 24.8 Å². The number of aldehydes is 1. The SMILES string of the molecule is CCCC1CCC(C2CCC(c3ccc(OC(=O)C4CCC(C=O)CC4)c(C=N)c3)CC2)CC1.COCCOCCOc1ccc(OC)cc1. The lowest BCUT2D eigenvalue weighted by Crippen LogP contribution is -2.26. The average Bonchev–Trinajstić information content (AvgIpc) is 3.17. The first-order chi connectivity index (χ1) is 24.5. The van der Waals surface area contributed by atoms with Crippen LogP contribution in [-0.2, 0) is 19.1 Å². The molecule has 3 aliphatic carbocycles. The van der Waals surface area contributed by atoms with Gasteiger partial charge in [-0.1, -0.05) is 38.7 Å². The van der Waals surface area contributed by atoms with Crippen LogP contribution in [0.15, 0.2) is 42.5 Å². The van der Waals surface area contributed by atoms with Gasteiger partial charge in [0.25, 0.3) is 0 Å². The van der Waals surface area contributed by atoms with Crippen LogP contribution in [0.2, 0.25) is 0 Å². The minimum absolute atomic E-state index is 0.0895. The Bertz CT molecular complexity index is 1270. The van der Waals surface area contributed by atoms with E-state index >= 15 is 0 Å². The van der Waals surface area contributed by atoms with Gasteiger partial charge in [-0.15, -0.1) is 0 Å². The average molecular weight is 692 g/mol. The molecule has 0 radical (unpaired) electrons. The Balaban J connectivity index is 0.000000295. The van der Waals surface area contributed by atoms with Crippen LogP contribution in [0, 0.1) is 35.0 Å². The zero-order valence-corrected chi connectivity index (χ0v) is 30.7. The minimum Gasteiger partial charge on any atom is -0.497 e. The molecule has 8 heteroatoms. The Morgan fingerprint density at radius 1 is 0.780 bits per heavy atom. The summed E-state index contributed by atoms with van der Waals surface area (Å²) >= 11 is 0. The minimum atomic E-state index is -0.214. The van der Waals surface area contributed by atoms with E-state index in [2.05, 4.69) is 19.1 Å². The Morgan fingerprint density at radius 2 is 1.42 bits per heavy atom. The quantitative estimate of drug-likeness (QED) is 0.0615. The maximum absolute atomic E-state index is 12.7. The largest absolute Gasteiger partial charge is 0.497 e. The molecule has 0 saturated heterocycles. The first kappa shape index (κ1) is 39.6. The van der Waals surface area contributed by atoms with Crippen molar-refractivity contribution in [2.45, 2.75) is 103 Å². The number of methoxy groups -OCH3 is 2. The maximum atomic E-state index is 12.7. The number of nitrogens with one attached hydrogen (secondary N) is 1. The van der Waals surface area contributed by atoms with Crippen LogP contribution in [0.1, 0.15) is 114 Å². The topological polar surface area (TPSA) is 104 Å². The van der Waals surface area contributed by atoms with Crippen molar-refractivity contribution in [3.63, 3.8) is 0 Å². The van der Waals surface area contributed by atoms with Crippen molar-refractivity contribution in [3.8, 4) is 17.2 Å². The smallest absolute Gasteiger partial charge is 0.314 e. The zero-order valence-electron chi connectivity index (χ0n) is 30.7. The van der Waals surface area contributed by atoms with Crippen molar-refractivity contribution >= 4 is 18.5 Å². The molecule has 0 amide bonds. The summed E-state index contributed by atoms with van der Waals surface area (Å²) in [6, 6.07) is 13.5. The van der Waals surface area contributed by atoms with Gasteiger partial charge in [-0.25, -0.2) is 0 Å². The fourth-order valence-electron chi connectivity index (χ4n) is 8.12. The highest BCUT2D eigenvalue weighted by Crippen LogP contribution is 2.45. The van der Waals surface area contributed by atoms with Crippen molar-refractivity contribution in [1.29, 1.82) is 5.41 Å². The second-order valence-corrected chi connectivity index (χ2v) is 14.4. The van der Waals surface area contributed by atoms with E-state index in [0.717, 1.165) is 48.4 Å². The van der Waals surface area contributed by atoms with Crippen LogP contribution in [0.25, 0.3) is 0 Å². The van der Waals surface area contributed by atoms with Gasteiger partial charge in [0.1, 0.15) is 30.1 Å². The van der Waals surface area contributed by atoms with E-state index in [4.69, 9.17) is 29.1 Å². The molecule has 3 saturated carbocycles. The van der Waals surface area contributed by atoms with Crippen LogP contribution in [0.4, 0.5) is 0 Å². The number of esters is 1. The summed E-state index contributed by atoms with van der Waals surface area (Å²) in [7, 11) is 3.29. The third-order valence-corrected chi connectivity index (χ3v) is 11.2. The second-order valence-electron chi connectivity index (χ2n) is 14.4. The first-order valence-electron chi connectivity index (χ1n) is 19.1. The first-order valence-corrected chi connectivity index (χ1v) is 19.1. The van der Waals surface area contributed by atoms with Crippen molar-refractivity contribution in [2.75, 3.05) is 40.6 Å². The van der Waals surface area contributed by atoms with Crippen LogP contribution in [0.3, 0.4) is 0 Å². The Labute approximate surface area is 300 Å². The lowest BCUT2D eigenvalue weighted by Gasteiger charge is -2.38. The molecular formula is C42H61NO7. The number of hydrogen-bond donors (Lipinski definition) is 1. The fraction of sp³-hybridized carbons (Fsp3) is 0.643. The molecule has 0 aliphatic heterocycles. The molecular weight excluding hydrogens is 630 g/mol. The summed E-state index contributed by atoms with van der Waals surface area (Å²) in [5.74, 6) is 5.25. The summed E-state index contributed by atoms with van der Waals surface area (Å²) in [4.78, 5) is 23.6. The van der Waals surface area contributed by atoms with E-state index in [0.29, 0.717) is 56.5 Å². The highest BCUT2D eigenvalue weighted by atomic mass is 16.5. The number of hydrogen-bond acceptors (Lipinski definition) is 8. The number of carbonyl (C=O) groups excluding carboxylic acids is 2. The van der Waals surface area contributed by atoms with E-state index in [-0.39, 0.29) is 17.8 Å². The Morgan fingerprint density at radius 3 is 2.02 bits per heavy atom. The highest BCUT2D eigenvalue weighted by molar-refractivity contribution is 5.84. The van der Waals surface area contributed by atoms with Crippen LogP contribution < -0.4 is 14.2 Å². The van der Waals surface area contributed by atoms with Gasteiger partial charge in [0.05, 0.1) is 32.8 Å². The molecule has 0 heterocycles. The molecule has 2 aromatic carbocycles. The van der Waals surface area contributed by atoms with Crippen LogP contribution >= 0.6 is 0 Å². The molecule has 276 valence electrons. The molecule has 8 nitrogen and oxygen atoms in total. The van der Waals surface area contributed by atoms with E-state index in [1.54, 1.807) is 14.2 Å². The van der Waals surface area contributed by atoms with Gasteiger partial charge < -0.3 is 33.9 Å². The van der Waals surface area contributed by atoms with Gasteiger partial charge in [0.15, 0.2) is 0 Å². The van der Waals surface area contributed by atoms with Gasteiger partial charge in [-0.2, -0.15) is 0 Å². The second kappa shape index (κ2) is 21.9. The summed E-state index contributed by atoms with van der Waals surface area (Å²) in [5, 5.41) is 7.89. The van der Waals surface area contributed by atoms with E-state index < -0.39 is 0 Å². The highest BCUT2D eigenvalue weighted by Gasteiger charge is 2.32. The molecule has 50 heavy (non-hydrogen) atoms. The van der Waals surface area contributed by atoms with Gasteiger partial charge in [-0.3, -0.25) is 4.79 Å². The standard InChI is InChI=1S/C30H43NO3.C12H18O4/c1-2-3-21-4-8-23(9-5-21)24-12-14-25(15-13-24)27-16-17-29(28(18-27)19-31)34-30(33)26-10-6-22(20-32)7-11-26;1-13-7-8-15-9-10-16-12-5-3-11(14-2)4-6-12/h16-26,31H,2-15H2,1H3;3-6H,7-10H2,1-2H3. The van der Waals surface area contributed by atoms with Gasteiger partial charge in [0.2, 0.25) is 0 Å². The van der Waals surface area contributed by atoms with Gasteiger partial charge >= 0.3 is 5.97 Å². The predicted molar refractivity (Wildman–Crippen MR) is 198 cm³/mol. The van der Waals surface area contributed by atoms with E-state index in [1.807, 2.05) is 30.3 Å². The maximum Gasteiger partial charge on any atom is 0.314 e. The lowest BCUT2D eigenvalue weighted by atomic mass is 9.68. The molecule has 0 atom stereocenters. The van der Waals surface area contributed by atoms with Crippen molar-refractivity contribution in [3.05, 3.63) is 53.6 Å². The lowest BCUT2D eigenvalue weighted by molar-refractivity contribution is -0.140. The monoisotopic (exact) mass is 691 g/mol. The van der Waals surface area contributed by atoms with Crippen molar-refractivity contribution < 1.29 is 33.3 Å². The molecule has 0 aromatic heterocycles. The number of rotatable bonds is 16. The van der Waals surface area contributed by atoms with Crippen LogP contribution in [-0.4, -0.2) is 59.1 Å². The molecule has 0 unspecified atom stereocenters. The molecule has 3 aliphatic rings. The van der Waals surface area contributed by atoms with Gasteiger partial charge in [-0.05, 0) is 130 Å². The number of carbonyl (C=O) groups is 2. The summed E-state index contributed by atoms with van der Waals surface area (Å²) < 4.78 is 26.4. The molecule has 2 aromatic rings. The third-order valence-electron chi connectivity index (χ3n) is 11.2. The summed E-state index contributed by atoms with van der Waals surface area (Å²) in [6.45, 7) is 4.63. The zero-order chi connectivity index (χ0) is 35.6. The number of ether oxygens (including phenoxy) is 5. The molecule has 1 N–H and O–H groups in total. The Hall–Kier alpha value is -3.23. The van der Waals surface area contributed by atoms with E-state index in [1.165, 1.54) is 76.0 Å². The van der Waals surface area contributed by atoms with Crippen LogP contribution in [0.5, 0.6) is 17.2 Å². The summed E-state index contributed by atoms with van der Waals surface area (Å²) in [5.41, 5.74) is 1.98. The molecule has 3 fully saturated rings. The fourth-order valence-corrected chi connectivity index (χ4v) is 8.12. The normalized spacial score (nSPS) is 25.0.